The Morgan fingerprint density at radius 3 is 2.31 bits per heavy atom. The van der Waals surface area contributed by atoms with Crippen molar-refractivity contribution < 1.29 is 4.79 Å². The van der Waals surface area contributed by atoms with Gasteiger partial charge in [-0.1, -0.05) is 0 Å². The van der Waals surface area contributed by atoms with Crippen molar-refractivity contribution in [1.29, 1.82) is 0 Å². The summed E-state index contributed by atoms with van der Waals surface area (Å²) in [5.41, 5.74) is 0.566. The third-order valence-corrected chi connectivity index (χ3v) is 4.97. The molecule has 0 heterocycles. The van der Waals surface area contributed by atoms with E-state index in [0.717, 1.165) is 0 Å². The summed E-state index contributed by atoms with van der Waals surface area (Å²) in [6.45, 7) is 0. The molecule has 0 radical (unpaired) electrons. The van der Waals surface area contributed by atoms with Crippen LogP contribution in [0.4, 0.5) is 0 Å². The number of benzene rings is 1. The molecule has 70 valence electrons. The van der Waals surface area contributed by atoms with Gasteiger partial charge < -0.3 is 0 Å². The molecule has 1 aromatic carbocycles. The second-order valence-electron chi connectivity index (χ2n) is 2.42. The number of carbonyl (C=O) groups is 1. The van der Waals surface area contributed by atoms with Gasteiger partial charge in [-0.2, -0.15) is 0 Å². The maximum atomic E-state index is 11.6. The van der Waals surface area contributed by atoms with E-state index < -0.39 is 3.23 Å². The Bertz CT molecular complexity index is 298. The molecule has 1 rings (SSSR count). The Morgan fingerprint density at radius 2 is 1.85 bits per heavy atom. The molecule has 0 amide bonds. The molecule has 0 saturated heterocycles. The van der Waals surface area contributed by atoms with Crippen LogP contribution in [0, 0.1) is 0 Å². The third kappa shape index (κ3) is 2.72. The summed E-state index contributed by atoms with van der Waals surface area (Å²) >= 11 is 11.6. The van der Waals surface area contributed by atoms with Crippen molar-refractivity contribution >= 4 is 43.9 Å². The minimum atomic E-state index is -1.23. The predicted octanol–water partition coefficient (Wildman–Crippen LogP) is 2.75. The van der Waals surface area contributed by atoms with Gasteiger partial charge >= 0.3 is 93.7 Å². The number of hydrogen-bond acceptors (Lipinski definition) is 1. The summed E-state index contributed by atoms with van der Waals surface area (Å²) in [5.74, 6) is 1.63. The molecule has 0 unspecified atom stereocenters. The topological polar surface area (TPSA) is 17.1 Å². The molecular formula is C9H8Cl2OSe. The second kappa shape index (κ2) is 4.47. The molecule has 0 aliphatic rings. The standard InChI is InChI=1S/C9H8Cl2OSe/c1-13-9(10,11)8(12)7-5-3-2-4-6-7/h2-6H,1H3. The van der Waals surface area contributed by atoms with E-state index in [2.05, 4.69) is 0 Å². The molecule has 0 bridgehead atoms. The summed E-state index contributed by atoms with van der Waals surface area (Å²) in [6, 6.07) is 8.86. The monoisotopic (exact) mass is 282 g/mol. The van der Waals surface area contributed by atoms with Gasteiger partial charge in [-0.25, -0.2) is 0 Å². The molecule has 0 aliphatic heterocycles. The van der Waals surface area contributed by atoms with E-state index in [1.165, 1.54) is 0 Å². The number of rotatable bonds is 3. The van der Waals surface area contributed by atoms with Crippen LogP contribution < -0.4 is 0 Å². The molecule has 0 aromatic heterocycles. The van der Waals surface area contributed by atoms with Gasteiger partial charge in [0, 0.05) is 0 Å². The van der Waals surface area contributed by atoms with Crippen LogP contribution in [0.3, 0.4) is 0 Å². The van der Waals surface area contributed by atoms with Crippen LogP contribution in [0.2, 0.25) is 5.82 Å². The minimum absolute atomic E-state index is 0.122. The molecule has 4 heteroatoms. The first-order valence-corrected chi connectivity index (χ1v) is 6.93. The molecule has 1 nitrogen and oxygen atoms in total. The number of Topliss-reactive ketones (excluding diaryl/α,β-unsaturated/α-hetero) is 1. The predicted molar refractivity (Wildman–Crippen MR) is 56.8 cm³/mol. The first kappa shape index (κ1) is 11.1. The van der Waals surface area contributed by atoms with Gasteiger partial charge in [0.25, 0.3) is 0 Å². The number of carbonyl (C=O) groups excluding carboxylic acids is 1. The third-order valence-electron chi connectivity index (χ3n) is 1.56. The first-order chi connectivity index (χ1) is 6.08. The maximum absolute atomic E-state index is 11.6. The molecule has 0 saturated carbocycles. The number of halogens is 2. The molecule has 0 N–H and O–H groups in total. The van der Waals surface area contributed by atoms with Crippen molar-refractivity contribution in [3.8, 4) is 0 Å². The van der Waals surface area contributed by atoms with E-state index in [0.29, 0.717) is 5.56 Å². The quantitative estimate of drug-likeness (QED) is 0.473. The molecule has 0 aliphatic carbocycles. The van der Waals surface area contributed by atoms with Gasteiger partial charge in [-0.15, -0.1) is 0 Å². The van der Waals surface area contributed by atoms with Crippen molar-refractivity contribution in [2.24, 2.45) is 0 Å². The van der Waals surface area contributed by atoms with Crippen molar-refractivity contribution in [2.45, 2.75) is 9.05 Å². The van der Waals surface area contributed by atoms with Gasteiger partial charge in [0.05, 0.1) is 0 Å². The van der Waals surface area contributed by atoms with Crippen molar-refractivity contribution in [3.05, 3.63) is 35.9 Å². The zero-order chi connectivity index (χ0) is 9.90. The Morgan fingerprint density at radius 1 is 1.31 bits per heavy atom. The van der Waals surface area contributed by atoms with Gasteiger partial charge in [0.15, 0.2) is 0 Å². The summed E-state index contributed by atoms with van der Waals surface area (Å²) in [5, 5.41) is 0. The van der Waals surface area contributed by atoms with E-state index in [4.69, 9.17) is 23.2 Å². The molecule has 1 aromatic rings. The SMILES string of the molecule is C[Se]C(Cl)(Cl)C(=O)c1ccccc1. The van der Waals surface area contributed by atoms with Gasteiger partial charge in [0.2, 0.25) is 0 Å². The fourth-order valence-electron chi connectivity index (χ4n) is 0.850. The molecule has 13 heavy (non-hydrogen) atoms. The fourth-order valence-corrected chi connectivity index (χ4v) is 1.70. The summed E-state index contributed by atoms with van der Waals surface area (Å²) in [4.78, 5) is 11.6. The number of hydrogen-bond donors (Lipinski definition) is 0. The van der Waals surface area contributed by atoms with Crippen LogP contribution >= 0.6 is 23.2 Å². The Balaban J connectivity index is 2.93. The van der Waals surface area contributed by atoms with E-state index in [1.807, 2.05) is 11.9 Å². The van der Waals surface area contributed by atoms with Crippen molar-refractivity contribution in [2.75, 3.05) is 0 Å². The Hall–Kier alpha value is -0.0105. The Kier molecular flexibility index (Phi) is 3.81. The van der Waals surface area contributed by atoms with E-state index in [9.17, 15) is 4.79 Å². The first-order valence-electron chi connectivity index (χ1n) is 3.61. The average Bonchev–Trinajstić information content (AvgIpc) is 2.18. The van der Waals surface area contributed by atoms with Crippen molar-refractivity contribution in [3.63, 3.8) is 0 Å². The molecular weight excluding hydrogens is 274 g/mol. The summed E-state index contributed by atoms with van der Waals surface area (Å²) < 4.78 is -1.23. The van der Waals surface area contributed by atoms with Crippen LogP contribution in [-0.4, -0.2) is 24.0 Å². The van der Waals surface area contributed by atoms with E-state index in [-0.39, 0.29) is 20.7 Å². The zero-order valence-corrected chi connectivity index (χ0v) is 10.2. The van der Waals surface area contributed by atoms with Crippen LogP contribution in [0.1, 0.15) is 10.4 Å². The fraction of sp³-hybridized carbons (Fsp3) is 0.222. The summed E-state index contributed by atoms with van der Waals surface area (Å²) in [7, 11) is 0. The van der Waals surface area contributed by atoms with E-state index in [1.54, 1.807) is 24.3 Å². The molecule has 0 fully saturated rings. The molecule has 0 spiro atoms. The van der Waals surface area contributed by atoms with Gasteiger partial charge in [-0.05, 0) is 0 Å². The van der Waals surface area contributed by atoms with Crippen LogP contribution in [0.5, 0.6) is 0 Å². The number of alkyl halides is 2. The van der Waals surface area contributed by atoms with E-state index >= 15 is 0 Å². The summed E-state index contributed by atoms with van der Waals surface area (Å²) in [6.07, 6.45) is 0. The second-order valence-corrected chi connectivity index (χ2v) is 6.90. The van der Waals surface area contributed by atoms with Gasteiger partial charge in [-0.3, -0.25) is 0 Å². The van der Waals surface area contributed by atoms with Crippen LogP contribution in [-0.2, 0) is 0 Å². The Labute approximate surface area is 93.6 Å². The average molecular weight is 282 g/mol. The van der Waals surface area contributed by atoms with Crippen molar-refractivity contribution in [1.82, 2.24) is 0 Å². The van der Waals surface area contributed by atoms with Gasteiger partial charge in [0.1, 0.15) is 0 Å². The van der Waals surface area contributed by atoms with Crippen LogP contribution in [0.25, 0.3) is 0 Å². The number of ketones is 1. The zero-order valence-electron chi connectivity index (χ0n) is 6.96. The molecule has 0 atom stereocenters. The van der Waals surface area contributed by atoms with Crippen LogP contribution in [0.15, 0.2) is 30.3 Å². The normalized spacial score (nSPS) is 11.3.